The van der Waals surface area contributed by atoms with Gasteiger partial charge in [-0.2, -0.15) is 0 Å². The topological polar surface area (TPSA) is 29.3 Å². The first-order chi connectivity index (χ1) is 8.58. The van der Waals surface area contributed by atoms with Gasteiger partial charge < -0.3 is 9.72 Å². The summed E-state index contributed by atoms with van der Waals surface area (Å²) in [5.41, 5.74) is 2.29. The van der Waals surface area contributed by atoms with Gasteiger partial charge in [-0.05, 0) is 12.1 Å². The van der Waals surface area contributed by atoms with Gasteiger partial charge in [-0.1, -0.05) is 33.8 Å². The number of pyridine rings is 1. The van der Waals surface area contributed by atoms with E-state index in [0.29, 0.717) is 11.3 Å². The molecule has 0 amide bonds. The van der Waals surface area contributed by atoms with Crippen LogP contribution in [0, 0.1) is 0 Å². The second-order valence-corrected chi connectivity index (χ2v) is 6.56. The fourth-order valence-corrected chi connectivity index (χ4v) is 2.70. The van der Waals surface area contributed by atoms with Crippen LogP contribution in [0.5, 0.6) is 0 Å². The molecule has 98 valence electrons. The van der Waals surface area contributed by atoms with Gasteiger partial charge in [0.05, 0.1) is 5.69 Å². The SMILES string of the molecule is CC(C)NCc1c(SC(C)C)nc2ccccn12. The third-order valence-corrected chi connectivity index (χ3v) is 3.64. The van der Waals surface area contributed by atoms with E-state index in [1.54, 1.807) is 0 Å². The van der Waals surface area contributed by atoms with Crippen LogP contribution in [0.3, 0.4) is 0 Å². The van der Waals surface area contributed by atoms with E-state index in [1.807, 2.05) is 17.8 Å². The van der Waals surface area contributed by atoms with Gasteiger partial charge in [0.25, 0.3) is 0 Å². The third-order valence-electron chi connectivity index (χ3n) is 2.62. The molecule has 2 heterocycles. The van der Waals surface area contributed by atoms with Crippen molar-refractivity contribution in [3.05, 3.63) is 30.1 Å². The number of hydrogen-bond donors (Lipinski definition) is 1. The highest BCUT2D eigenvalue weighted by atomic mass is 32.2. The van der Waals surface area contributed by atoms with Gasteiger partial charge in [-0.3, -0.25) is 0 Å². The lowest BCUT2D eigenvalue weighted by Crippen LogP contribution is -2.23. The van der Waals surface area contributed by atoms with Gasteiger partial charge in [-0.25, -0.2) is 4.98 Å². The van der Waals surface area contributed by atoms with Crippen molar-refractivity contribution < 1.29 is 0 Å². The Morgan fingerprint density at radius 1 is 1.28 bits per heavy atom. The Morgan fingerprint density at radius 2 is 2.06 bits per heavy atom. The standard InChI is InChI=1S/C14H21N3S/c1-10(2)15-9-12-14(18-11(3)4)16-13-7-5-6-8-17(12)13/h5-8,10-11,15H,9H2,1-4H3. The maximum atomic E-state index is 4.72. The molecule has 0 aromatic carbocycles. The van der Waals surface area contributed by atoms with E-state index in [2.05, 4.69) is 55.7 Å². The maximum Gasteiger partial charge on any atom is 0.138 e. The fraction of sp³-hybridized carbons (Fsp3) is 0.500. The van der Waals surface area contributed by atoms with E-state index >= 15 is 0 Å². The van der Waals surface area contributed by atoms with Crippen molar-refractivity contribution in [3.8, 4) is 0 Å². The smallest absolute Gasteiger partial charge is 0.138 e. The summed E-state index contributed by atoms with van der Waals surface area (Å²) in [6.07, 6.45) is 2.09. The average Bonchev–Trinajstić information content (AvgIpc) is 2.62. The minimum atomic E-state index is 0.483. The molecule has 0 fully saturated rings. The molecule has 0 saturated carbocycles. The molecule has 0 unspecified atom stereocenters. The zero-order valence-corrected chi connectivity index (χ0v) is 12.3. The monoisotopic (exact) mass is 263 g/mol. The van der Waals surface area contributed by atoms with E-state index < -0.39 is 0 Å². The lowest BCUT2D eigenvalue weighted by Gasteiger charge is -2.10. The lowest BCUT2D eigenvalue weighted by molar-refractivity contribution is 0.574. The summed E-state index contributed by atoms with van der Waals surface area (Å²) in [7, 11) is 0. The molecule has 0 spiro atoms. The van der Waals surface area contributed by atoms with E-state index in [-0.39, 0.29) is 0 Å². The van der Waals surface area contributed by atoms with E-state index in [0.717, 1.165) is 17.2 Å². The molecule has 0 bridgehead atoms. The van der Waals surface area contributed by atoms with Crippen LogP contribution in [0.2, 0.25) is 0 Å². The molecule has 0 aliphatic rings. The van der Waals surface area contributed by atoms with Crippen LogP contribution in [0.25, 0.3) is 5.65 Å². The Hall–Kier alpha value is -1.00. The van der Waals surface area contributed by atoms with E-state index in [4.69, 9.17) is 4.98 Å². The Kier molecular flexibility index (Phi) is 4.30. The van der Waals surface area contributed by atoms with Crippen molar-refractivity contribution in [2.45, 2.75) is 50.6 Å². The predicted octanol–water partition coefficient (Wildman–Crippen LogP) is 3.33. The zero-order valence-electron chi connectivity index (χ0n) is 11.5. The van der Waals surface area contributed by atoms with E-state index in [9.17, 15) is 0 Å². The maximum absolute atomic E-state index is 4.72. The number of hydrogen-bond acceptors (Lipinski definition) is 3. The summed E-state index contributed by atoms with van der Waals surface area (Å²) in [4.78, 5) is 4.72. The Balaban J connectivity index is 2.37. The zero-order chi connectivity index (χ0) is 13.1. The number of nitrogens with one attached hydrogen (secondary N) is 1. The van der Waals surface area contributed by atoms with Gasteiger partial charge in [0.2, 0.25) is 0 Å². The van der Waals surface area contributed by atoms with Gasteiger partial charge in [0.15, 0.2) is 0 Å². The molecule has 4 heteroatoms. The van der Waals surface area contributed by atoms with E-state index in [1.165, 1.54) is 5.69 Å². The largest absolute Gasteiger partial charge is 0.309 e. The van der Waals surface area contributed by atoms with Gasteiger partial charge in [0.1, 0.15) is 10.7 Å². The van der Waals surface area contributed by atoms with Crippen LogP contribution in [0.4, 0.5) is 0 Å². The normalized spacial score (nSPS) is 11.9. The molecule has 2 rings (SSSR count). The van der Waals surface area contributed by atoms with Crippen LogP contribution >= 0.6 is 11.8 Å². The Labute approximate surface area is 113 Å². The van der Waals surface area contributed by atoms with Crippen molar-refractivity contribution in [2.24, 2.45) is 0 Å². The molecule has 0 aliphatic carbocycles. The molecule has 3 nitrogen and oxygen atoms in total. The van der Waals surface area contributed by atoms with Crippen LogP contribution in [-0.4, -0.2) is 20.7 Å². The highest BCUT2D eigenvalue weighted by molar-refractivity contribution is 7.99. The van der Waals surface area contributed by atoms with Crippen LogP contribution in [-0.2, 0) is 6.54 Å². The molecule has 0 atom stereocenters. The van der Waals surface area contributed by atoms with Crippen LogP contribution in [0.15, 0.2) is 29.4 Å². The molecule has 18 heavy (non-hydrogen) atoms. The van der Waals surface area contributed by atoms with Gasteiger partial charge in [-0.15, -0.1) is 11.8 Å². The van der Waals surface area contributed by atoms with Crippen molar-refractivity contribution in [1.29, 1.82) is 0 Å². The summed E-state index contributed by atoms with van der Waals surface area (Å²) < 4.78 is 2.18. The summed E-state index contributed by atoms with van der Waals surface area (Å²) in [6.45, 7) is 9.59. The van der Waals surface area contributed by atoms with Crippen molar-refractivity contribution in [1.82, 2.24) is 14.7 Å². The van der Waals surface area contributed by atoms with Crippen molar-refractivity contribution in [2.75, 3.05) is 0 Å². The van der Waals surface area contributed by atoms with Gasteiger partial charge in [0, 0.05) is 24.0 Å². The summed E-state index contributed by atoms with van der Waals surface area (Å²) in [6, 6.07) is 6.63. The minimum absolute atomic E-state index is 0.483. The lowest BCUT2D eigenvalue weighted by atomic mass is 10.3. The van der Waals surface area contributed by atoms with Crippen LogP contribution < -0.4 is 5.32 Å². The first-order valence-corrected chi connectivity index (χ1v) is 7.32. The second-order valence-electron chi connectivity index (χ2n) is 4.99. The molecular weight excluding hydrogens is 242 g/mol. The molecule has 2 aromatic heterocycles. The quantitative estimate of drug-likeness (QED) is 0.839. The number of nitrogens with zero attached hydrogens (tertiary/aromatic N) is 2. The highest BCUT2D eigenvalue weighted by Crippen LogP contribution is 2.26. The Bertz CT molecular complexity index is 517. The summed E-state index contributed by atoms with van der Waals surface area (Å²) >= 11 is 1.83. The molecular formula is C14H21N3S. The first-order valence-electron chi connectivity index (χ1n) is 6.44. The second kappa shape index (κ2) is 5.76. The van der Waals surface area contributed by atoms with Crippen molar-refractivity contribution >= 4 is 17.4 Å². The fourth-order valence-electron chi connectivity index (χ4n) is 1.80. The number of aromatic nitrogens is 2. The molecule has 1 N–H and O–H groups in total. The molecule has 2 aromatic rings. The van der Waals surface area contributed by atoms with Crippen LogP contribution in [0.1, 0.15) is 33.4 Å². The molecule has 0 saturated heterocycles. The summed E-state index contributed by atoms with van der Waals surface area (Å²) in [5, 5.41) is 5.17. The Morgan fingerprint density at radius 3 is 2.72 bits per heavy atom. The third kappa shape index (κ3) is 3.06. The first kappa shape index (κ1) is 13.4. The number of rotatable bonds is 5. The predicted molar refractivity (Wildman–Crippen MR) is 78.2 cm³/mol. The number of thioether (sulfide) groups is 1. The summed E-state index contributed by atoms with van der Waals surface area (Å²) in [5.74, 6) is 0. The average molecular weight is 263 g/mol. The molecule has 0 radical (unpaired) electrons. The minimum Gasteiger partial charge on any atom is -0.309 e. The number of fused-ring (bicyclic) bond motifs is 1. The molecule has 0 aliphatic heterocycles. The van der Waals surface area contributed by atoms with Gasteiger partial charge >= 0.3 is 0 Å². The highest BCUT2D eigenvalue weighted by Gasteiger charge is 2.13. The number of imidazole rings is 1. The van der Waals surface area contributed by atoms with Crippen molar-refractivity contribution in [3.63, 3.8) is 0 Å².